The van der Waals surface area contributed by atoms with E-state index in [2.05, 4.69) is 5.32 Å². The smallest absolute Gasteiger partial charge is 0.340 e. The second kappa shape index (κ2) is 4.50. The van der Waals surface area contributed by atoms with E-state index in [1.54, 1.807) is 37.2 Å². The molecule has 1 N–H and O–H groups in total. The van der Waals surface area contributed by atoms with Gasteiger partial charge in [-0.2, -0.15) is 0 Å². The van der Waals surface area contributed by atoms with Gasteiger partial charge in [0.15, 0.2) is 5.11 Å². The summed E-state index contributed by atoms with van der Waals surface area (Å²) in [5, 5.41) is 3.86. The first-order chi connectivity index (χ1) is 8.04. The lowest BCUT2D eigenvalue weighted by Crippen LogP contribution is -2.37. The molecule has 1 aromatic carbocycles. The number of rotatable bonds is 1. The quantitative estimate of drug-likeness (QED) is 0.624. The summed E-state index contributed by atoms with van der Waals surface area (Å²) in [4.78, 5) is 13.4. The molecule has 6 heteroatoms. The maximum absolute atomic E-state index is 11.7. The highest BCUT2D eigenvalue weighted by Crippen LogP contribution is 2.34. The number of carbonyl (C=O) groups is 1. The number of benzene rings is 1. The monoisotopic (exact) mass is 270 g/mol. The van der Waals surface area contributed by atoms with E-state index in [1.807, 2.05) is 0 Å². The van der Waals surface area contributed by atoms with Crippen LogP contribution >= 0.6 is 23.8 Å². The van der Waals surface area contributed by atoms with E-state index in [1.165, 1.54) is 0 Å². The van der Waals surface area contributed by atoms with Crippen molar-refractivity contribution in [1.29, 1.82) is 0 Å². The molecular weight excluding hydrogens is 260 g/mol. The van der Waals surface area contributed by atoms with Crippen molar-refractivity contribution in [3.05, 3.63) is 34.3 Å². The largest absolute Gasteiger partial charge is 0.433 e. The SMILES string of the molecule is CNC(=S)N(C)C1OC(=O)c2cc(Cl)ccc21. The third-order valence-electron chi connectivity index (χ3n) is 2.61. The van der Waals surface area contributed by atoms with Crippen molar-refractivity contribution in [3.8, 4) is 0 Å². The van der Waals surface area contributed by atoms with Gasteiger partial charge >= 0.3 is 5.97 Å². The fourth-order valence-corrected chi connectivity index (χ4v) is 1.99. The van der Waals surface area contributed by atoms with Gasteiger partial charge < -0.3 is 15.0 Å². The van der Waals surface area contributed by atoms with Crippen LogP contribution in [-0.2, 0) is 4.74 Å². The predicted octanol–water partition coefficient (Wildman–Crippen LogP) is 1.95. The van der Waals surface area contributed by atoms with Crippen molar-refractivity contribution in [2.75, 3.05) is 14.1 Å². The Hall–Kier alpha value is -1.33. The normalized spacial score (nSPS) is 17.4. The number of hydrogen-bond donors (Lipinski definition) is 1. The van der Waals surface area contributed by atoms with E-state index in [0.29, 0.717) is 15.7 Å². The first kappa shape index (κ1) is 12.1. The highest BCUT2D eigenvalue weighted by Gasteiger charge is 2.34. The topological polar surface area (TPSA) is 41.6 Å². The van der Waals surface area contributed by atoms with Crippen LogP contribution < -0.4 is 5.32 Å². The van der Waals surface area contributed by atoms with Crippen LogP contribution in [0.5, 0.6) is 0 Å². The molecule has 90 valence electrons. The van der Waals surface area contributed by atoms with Crippen molar-refractivity contribution in [3.63, 3.8) is 0 Å². The van der Waals surface area contributed by atoms with Crippen molar-refractivity contribution in [2.24, 2.45) is 0 Å². The van der Waals surface area contributed by atoms with Crippen molar-refractivity contribution < 1.29 is 9.53 Å². The average Bonchev–Trinajstić information content (AvgIpc) is 2.64. The van der Waals surface area contributed by atoms with Gasteiger partial charge in [-0.15, -0.1) is 0 Å². The van der Waals surface area contributed by atoms with Crippen LogP contribution in [0.2, 0.25) is 5.02 Å². The van der Waals surface area contributed by atoms with Crippen LogP contribution in [0.25, 0.3) is 0 Å². The van der Waals surface area contributed by atoms with Gasteiger partial charge in [0.2, 0.25) is 6.23 Å². The van der Waals surface area contributed by atoms with E-state index in [9.17, 15) is 4.79 Å². The lowest BCUT2D eigenvalue weighted by molar-refractivity contribution is 0.00925. The van der Waals surface area contributed by atoms with Gasteiger partial charge in [0.05, 0.1) is 5.56 Å². The fraction of sp³-hybridized carbons (Fsp3) is 0.273. The van der Waals surface area contributed by atoms with Crippen molar-refractivity contribution in [2.45, 2.75) is 6.23 Å². The van der Waals surface area contributed by atoms with E-state index < -0.39 is 6.23 Å². The number of halogens is 1. The maximum atomic E-state index is 11.7. The van der Waals surface area contributed by atoms with Gasteiger partial charge in [-0.3, -0.25) is 0 Å². The molecule has 0 saturated carbocycles. The summed E-state index contributed by atoms with van der Waals surface area (Å²) in [6, 6.07) is 5.11. The highest BCUT2D eigenvalue weighted by atomic mass is 35.5. The molecular formula is C11H11ClN2O2S. The third-order valence-corrected chi connectivity index (χ3v) is 3.33. The molecule has 1 heterocycles. The third kappa shape index (κ3) is 2.08. The Morgan fingerprint density at radius 2 is 2.29 bits per heavy atom. The zero-order chi connectivity index (χ0) is 12.6. The molecule has 0 saturated heterocycles. The van der Waals surface area contributed by atoms with E-state index in [0.717, 1.165) is 5.56 Å². The van der Waals surface area contributed by atoms with Gasteiger partial charge in [-0.1, -0.05) is 17.7 Å². The average molecular weight is 271 g/mol. The summed E-state index contributed by atoms with van der Waals surface area (Å²) in [7, 11) is 3.48. The first-order valence-electron chi connectivity index (χ1n) is 4.99. The number of cyclic esters (lactones) is 1. The zero-order valence-corrected chi connectivity index (χ0v) is 10.9. The summed E-state index contributed by atoms with van der Waals surface area (Å²) in [5.74, 6) is -0.377. The Balaban J connectivity index is 2.37. The molecule has 1 aliphatic heterocycles. The summed E-state index contributed by atoms with van der Waals surface area (Å²) < 4.78 is 5.27. The standard InChI is InChI=1S/C11H11ClN2O2S/c1-13-11(17)14(2)9-7-4-3-6(12)5-8(7)10(15)16-9/h3-5,9H,1-2H3,(H,13,17). The van der Waals surface area contributed by atoms with Crippen LogP contribution in [0.15, 0.2) is 18.2 Å². The van der Waals surface area contributed by atoms with Gasteiger partial charge in [0, 0.05) is 24.7 Å². The van der Waals surface area contributed by atoms with E-state index in [-0.39, 0.29) is 5.97 Å². The lowest BCUT2D eigenvalue weighted by atomic mass is 10.1. The number of esters is 1. The minimum atomic E-state index is -0.491. The molecule has 0 bridgehead atoms. The van der Waals surface area contributed by atoms with Crippen LogP contribution in [0.4, 0.5) is 0 Å². The summed E-state index contributed by atoms with van der Waals surface area (Å²) in [6.45, 7) is 0. The summed E-state index contributed by atoms with van der Waals surface area (Å²) >= 11 is 11.0. The highest BCUT2D eigenvalue weighted by molar-refractivity contribution is 7.80. The van der Waals surface area contributed by atoms with Crippen molar-refractivity contribution >= 4 is 34.9 Å². The summed E-state index contributed by atoms with van der Waals surface area (Å²) in [5.41, 5.74) is 1.27. The molecule has 1 aliphatic rings. The summed E-state index contributed by atoms with van der Waals surface area (Å²) in [6.07, 6.45) is -0.491. The Morgan fingerprint density at radius 1 is 1.59 bits per heavy atom. The molecule has 0 amide bonds. The molecule has 0 spiro atoms. The number of hydrogen-bond acceptors (Lipinski definition) is 3. The molecule has 0 aliphatic carbocycles. The van der Waals surface area contributed by atoms with Gasteiger partial charge in [-0.05, 0) is 24.4 Å². The number of nitrogens with one attached hydrogen (secondary N) is 1. The van der Waals surface area contributed by atoms with Gasteiger partial charge in [0.1, 0.15) is 0 Å². The van der Waals surface area contributed by atoms with Crippen LogP contribution in [0.1, 0.15) is 22.1 Å². The molecule has 4 nitrogen and oxygen atoms in total. The Morgan fingerprint density at radius 3 is 2.94 bits per heavy atom. The molecule has 0 fully saturated rings. The minimum absolute atomic E-state index is 0.377. The number of fused-ring (bicyclic) bond motifs is 1. The number of carbonyl (C=O) groups excluding carboxylic acids is 1. The van der Waals surface area contributed by atoms with Crippen LogP contribution in [0.3, 0.4) is 0 Å². The second-order valence-electron chi connectivity index (χ2n) is 3.66. The number of nitrogens with zero attached hydrogens (tertiary/aromatic N) is 1. The molecule has 1 atom stereocenters. The maximum Gasteiger partial charge on any atom is 0.340 e. The van der Waals surface area contributed by atoms with Gasteiger partial charge in [0.25, 0.3) is 0 Å². The van der Waals surface area contributed by atoms with Crippen LogP contribution in [-0.4, -0.2) is 30.1 Å². The zero-order valence-electron chi connectivity index (χ0n) is 9.36. The molecule has 1 aromatic rings. The molecule has 2 rings (SSSR count). The fourth-order valence-electron chi connectivity index (χ4n) is 1.72. The molecule has 0 aromatic heterocycles. The minimum Gasteiger partial charge on any atom is -0.433 e. The van der Waals surface area contributed by atoms with Crippen LogP contribution in [0, 0.1) is 0 Å². The van der Waals surface area contributed by atoms with Gasteiger partial charge in [-0.25, -0.2) is 4.79 Å². The van der Waals surface area contributed by atoms with E-state index >= 15 is 0 Å². The first-order valence-corrected chi connectivity index (χ1v) is 5.78. The van der Waals surface area contributed by atoms with Crippen molar-refractivity contribution in [1.82, 2.24) is 10.2 Å². The number of thiocarbonyl (C=S) groups is 1. The Bertz CT molecular complexity index is 492. The molecule has 17 heavy (non-hydrogen) atoms. The Kier molecular flexibility index (Phi) is 3.22. The molecule has 0 radical (unpaired) electrons. The lowest BCUT2D eigenvalue weighted by Gasteiger charge is -2.25. The van der Waals surface area contributed by atoms with E-state index in [4.69, 9.17) is 28.6 Å². The predicted molar refractivity (Wildman–Crippen MR) is 69.0 cm³/mol. The number of ether oxygens (including phenoxy) is 1. The second-order valence-corrected chi connectivity index (χ2v) is 4.48. The molecule has 1 unspecified atom stereocenters. The Labute approximate surface area is 109 Å².